The highest BCUT2D eigenvalue weighted by Crippen LogP contribution is 2.17. The van der Waals surface area contributed by atoms with Crippen LogP contribution in [0.3, 0.4) is 0 Å². The van der Waals surface area contributed by atoms with E-state index in [2.05, 4.69) is 28.8 Å². The predicted octanol–water partition coefficient (Wildman–Crippen LogP) is 1.89. The van der Waals surface area contributed by atoms with Crippen molar-refractivity contribution in [3.63, 3.8) is 0 Å². The van der Waals surface area contributed by atoms with E-state index in [1.165, 1.54) is 0 Å². The summed E-state index contributed by atoms with van der Waals surface area (Å²) in [5.74, 6) is 2.14. The first-order valence-electron chi connectivity index (χ1n) is 5.89. The summed E-state index contributed by atoms with van der Waals surface area (Å²) in [6.07, 6.45) is 5.56. The Bertz CT molecular complexity index is 503. The van der Waals surface area contributed by atoms with Crippen LogP contribution in [0, 0.1) is 0 Å². The van der Waals surface area contributed by atoms with Gasteiger partial charge in [-0.3, -0.25) is 0 Å². The Labute approximate surface area is 101 Å². The van der Waals surface area contributed by atoms with Crippen LogP contribution in [0.15, 0.2) is 18.5 Å². The Hall–Kier alpha value is -1.91. The molecular weight excluding hydrogens is 214 g/mol. The highest BCUT2D eigenvalue weighted by Gasteiger charge is 2.09. The van der Waals surface area contributed by atoms with E-state index in [4.69, 9.17) is 5.73 Å². The lowest BCUT2D eigenvalue weighted by Gasteiger charge is -2.06. The molecule has 0 saturated carbocycles. The molecule has 2 N–H and O–H groups in total. The summed E-state index contributed by atoms with van der Waals surface area (Å²) in [7, 11) is 0. The zero-order chi connectivity index (χ0) is 12.3. The molecule has 0 aliphatic heterocycles. The van der Waals surface area contributed by atoms with Crippen molar-refractivity contribution >= 4 is 5.82 Å². The van der Waals surface area contributed by atoms with Crippen molar-refractivity contribution in [3.05, 3.63) is 24.3 Å². The number of hydrogen-bond acceptors (Lipinski definition) is 4. The van der Waals surface area contributed by atoms with Crippen molar-refractivity contribution in [1.29, 1.82) is 0 Å². The van der Waals surface area contributed by atoms with Gasteiger partial charge in [0.05, 0.1) is 0 Å². The SMILES string of the molecule is CCCc1nc(N)cc(-c2nccn2CC)n1. The van der Waals surface area contributed by atoms with Crippen LogP contribution in [-0.2, 0) is 13.0 Å². The summed E-state index contributed by atoms with van der Waals surface area (Å²) in [4.78, 5) is 13.0. The number of anilines is 1. The number of aryl methyl sites for hydroxylation is 2. The van der Waals surface area contributed by atoms with Crippen molar-refractivity contribution in [3.8, 4) is 11.5 Å². The van der Waals surface area contributed by atoms with E-state index in [1.807, 2.05) is 10.8 Å². The molecule has 2 rings (SSSR count). The molecule has 17 heavy (non-hydrogen) atoms. The maximum Gasteiger partial charge on any atom is 0.158 e. The summed E-state index contributed by atoms with van der Waals surface area (Å²) in [6, 6.07) is 1.77. The first-order chi connectivity index (χ1) is 8.24. The molecule has 0 bridgehead atoms. The minimum Gasteiger partial charge on any atom is -0.384 e. The molecular formula is C12H17N5. The van der Waals surface area contributed by atoms with Crippen molar-refractivity contribution in [2.75, 3.05) is 5.73 Å². The van der Waals surface area contributed by atoms with Gasteiger partial charge in [-0.15, -0.1) is 0 Å². The van der Waals surface area contributed by atoms with E-state index in [0.29, 0.717) is 5.82 Å². The summed E-state index contributed by atoms with van der Waals surface area (Å²) < 4.78 is 2.04. The molecule has 90 valence electrons. The second kappa shape index (κ2) is 4.95. The normalized spacial score (nSPS) is 10.7. The fourth-order valence-corrected chi connectivity index (χ4v) is 1.77. The van der Waals surface area contributed by atoms with Crippen LogP contribution in [0.1, 0.15) is 26.1 Å². The number of nitrogens with zero attached hydrogens (tertiary/aromatic N) is 4. The van der Waals surface area contributed by atoms with Gasteiger partial charge in [0.2, 0.25) is 0 Å². The number of nitrogen functional groups attached to an aromatic ring is 1. The van der Waals surface area contributed by atoms with Crippen molar-refractivity contribution in [2.45, 2.75) is 33.2 Å². The van der Waals surface area contributed by atoms with Gasteiger partial charge in [0, 0.05) is 31.4 Å². The molecule has 0 radical (unpaired) electrons. The molecule has 0 spiro atoms. The van der Waals surface area contributed by atoms with Gasteiger partial charge in [-0.2, -0.15) is 0 Å². The maximum atomic E-state index is 5.80. The summed E-state index contributed by atoms with van der Waals surface area (Å²) in [6.45, 7) is 5.03. The molecule has 0 atom stereocenters. The second-order valence-electron chi connectivity index (χ2n) is 3.88. The summed E-state index contributed by atoms with van der Waals surface area (Å²) in [5, 5.41) is 0. The molecule has 5 heteroatoms. The average molecular weight is 231 g/mol. The minimum atomic E-state index is 0.504. The molecule has 0 aliphatic rings. The van der Waals surface area contributed by atoms with Crippen molar-refractivity contribution in [2.24, 2.45) is 0 Å². The Kier molecular flexibility index (Phi) is 3.37. The quantitative estimate of drug-likeness (QED) is 0.872. The summed E-state index contributed by atoms with van der Waals surface area (Å²) >= 11 is 0. The molecule has 0 unspecified atom stereocenters. The number of aromatic nitrogens is 4. The van der Waals surface area contributed by atoms with Gasteiger partial charge in [-0.1, -0.05) is 6.92 Å². The van der Waals surface area contributed by atoms with Crippen LogP contribution < -0.4 is 5.73 Å². The Morgan fingerprint density at radius 3 is 2.82 bits per heavy atom. The lowest BCUT2D eigenvalue weighted by molar-refractivity contribution is 0.763. The van der Waals surface area contributed by atoms with E-state index >= 15 is 0 Å². The molecule has 0 amide bonds. The third kappa shape index (κ3) is 2.43. The lowest BCUT2D eigenvalue weighted by atomic mass is 10.3. The average Bonchev–Trinajstić information content (AvgIpc) is 2.76. The standard InChI is InChI=1S/C12H17N5/c1-3-5-11-15-9(8-10(13)16-11)12-14-6-7-17(12)4-2/h6-8H,3-5H2,1-2H3,(H2,13,15,16). The van der Waals surface area contributed by atoms with Crippen molar-refractivity contribution < 1.29 is 0 Å². The van der Waals surface area contributed by atoms with E-state index < -0.39 is 0 Å². The molecule has 2 aromatic rings. The highest BCUT2D eigenvalue weighted by atomic mass is 15.1. The first kappa shape index (κ1) is 11.6. The molecule has 0 saturated heterocycles. The van der Waals surface area contributed by atoms with Gasteiger partial charge in [0.15, 0.2) is 5.82 Å². The topological polar surface area (TPSA) is 69.6 Å². The van der Waals surface area contributed by atoms with Crippen LogP contribution in [0.2, 0.25) is 0 Å². The summed E-state index contributed by atoms with van der Waals surface area (Å²) in [5.41, 5.74) is 6.60. The minimum absolute atomic E-state index is 0.504. The zero-order valence-corrected chi connectivity index (χ0v) is 10.2. The van der Waals surface area contributed by atoms with Crippen LogP contribution in [-0.4, -0.2) is 19.5 Å². The molecule has 5 nitrogen and oxygen atoms in total. The molecule has 0 aromatic carbocycles. The van der Waals surface area contributed by atoms with Crippen LogP contribution in [0.25, 0.3) is 11.5 Å². The third-order valence-electron chi connectivity index (χ3n) is 2.55. The van der Waals surface area contributed by atoms with E-state index in [1.54, 1.807) is 12.3 Å². The van der Waals surface area contributed by atoms with E-state index in [9.17, 15) is 0 Å². The predicted molar refractivity (Wildman–Crippen MR) is 67.3 cm³/mol. The smallest absolute Gasteiger partial charge is 0.158 e. The zero-order valence-electron chi connectivity index (χ0n) is 10.2. The lowest BCUT2D eigenvalue weighted by Crippen LogP contribution is -2.04. The van der Waals surface area contributed by atoms with E-state index in [0.717, 1.165) is 36.7 Å². The van der Waals surface area contributed by atoms with Crippen LogP contribution >= 0.6 is 0 Å². The number of rotatable bonds is 4. The van der Waals surface area contributed by atoms with Crippen LogP contribution in [0.4, 0.5) is 5.82 Å². The number of hydrogen-bond donors (Lipinski definition) is 1. The fraction of sp³-hybridized carbons (Fsp3) is 0.417. The first-order valence-corrected chi connectivity index (χ1v) is 5.89. The fourth-order valence-electron chi connectivity index (χ4n) is 1.77. The van der Waals surface area contributed by atoms with Gasteiger partial charge in [-0.05, 0) is 13.3 Å². The van der Waals surface area contributed by atoms with Crippen molar-refractivity contribution in [1.82, 2.24) is 19.5 Å². The Balaban J connectivity index is 2.44. The molecule has 2 aromatic heterocycles. The third-order valence-corrected chi connectivity index (χ3v) is 2.55. The second-order valence-corrected chi connectivity index (χ2v) is 3.88. The number of nitrogens with two attached hydrogens (primary N) is 1. The maximum absolute atomic E-state index is 5.80. The molecule has 2 heterocycles. The number of imidazole rings is 1. The molecule has 0 aliphatic carbocycles. The van der Waals surface area contributed by atoms with Crippen LogP contribution in [0.5, 0.6) is 0 Å². The van der Waals surface area contributed by atoms with Gasteiger partial charge in [0.1, 0.15) is 17.3 Å². The highest BCUT2D eigenvalue weighted by molar-refractivity contribution is 5.54. The van der Waals surface area contributed by atoms with Gasteiger partial charge in [-0.25, -0.2) is 15.0 Å². The largest absolute Gasteiger partial charge is 0.384 e. The monoisotopic (exact) mass is 231 g/mol. The Morgan fingerprint density at radius 1 is 1.29 bits per heavy atom. The van der Waals surface area contributed by atoms with Gasteiger partial charge >= 0.3 is 0 Å². The Morgan fingerprint density at radius 2 is 2.12 bits per heavy atom. The van der Waals surface area contributed by atoms with E-state index in [-0.39, 0.29) is 0 Å². The van der Waals surface area contributed by atoms with Gasteiger partial charge < -0.3 is 10.3 Å². The van der Waals surface area contributed by atoms with Gasteiger partial charge in [0.25, 0.3) is 0 Å². The molecule has 0 fully saturated rings.